The van der Waals surface area contributed by atoms with Crippen LogP contribution in [0.2, 0.25) is 0 Å². The minimum atomic E-state index is -1.09. The fraction of sp³-hybridized carbons (Fsp3) is 0.346. The molecule has 2 aromatic rings. The molecule has 5 rings (SSSR count). The molecule has 2 atom stereocenters. The van der Waals surface area contributed by atoms with Crippen molar-refractivity contribution < 1.29 is 9.53 Å². The van der Waals surface area contributed by atoms with Crippen LogP contribution in [0.4, 0.5) is 5.69 Å². The summed E-state index contributed by atoms with van der Waals surface area (Å²) >= 11 is 0. The maximum atomic E-state index is 13.5. The van der Waals surface area contributed by atoms with Gasteiger partial charge < -0.3 is 15.0 Å². The van der Waals surface area contributed by atoms with Gasteiger partial charge in [0, 0.05) is 17.9 Å². The molecule has 0 saturated carbocycles. The van der Waals surface area contributed by atoms with Gasteiger partial charge in [-0.05, 0) is 67.0 Å². The van der Waals surface area contributed by atoms with Crippen LogP contribution in [0.1, 0.15) is 36.8 Å². The van der Waals surface area contributed by atoms with Gasteiger partial charge in [-0.25, -0.2) is 0 Å². The van der Waals surface area contributed by atoms with Crippen molar-refractivity contribution in [1.29, 1.82) is 10.7 Å². The van der Waals surface area contributed by atoms with Gasteiger partial charge >= 0.3 is 0 Å². The Labute approximate surface area is 188 Å². The highest BCUT2D eigenvalue weighted by Gasteiger charge is 2.60. The number of carbonyl (C=O) groups excluding carboxylic acids is 1. The highest BCUT2D eigenvalue weighted by Crippen LogP contribution is 2.55. The van der Waals surface area contributed by atoms with Crippen LogP contribution in [0.15, 0.2) is 59.8 Å². The predicted molar refractivity (Wildman–Crippen MR) is 122 cm³/mol. The Bertz CT molecular complexity index is 1160. The van der Waals surface area contributed by atoms with Crippen molar-refractivity contribution in [1.82, 2.24) is 4.90 Å². The molecule has 0 saturated heterocycles. The zero-order valence-electron chi connectivity index (χ0n) is 18.1. The summed E-state index contributed by atoms with van der Waals surface area (Å²) in [5.74, 6) is 0.0284. The number of nitrogens with one attached hydrogen (secondary N) is 2. The van der Waals surface area contributed by atoms with E-state index in [0.29, 0.717) is 6.54 Å². The van der Waals surface area contributed by atoms with E-state index in [1.54, 1.807) is 7.11 Å². The number of allylic oxidation sites excluding steroid dienone is 1. The molecule has 2 aliphatic heterocycles. The number of rotatable bonds is 4. The fourth-order valence-corrected chi connectivity index (χ4v) is 5.60. The van der Waals surface area contributed by atoms with Crippen molar-refractivity contribution in [3.63, 3.8) is 0 Å². The van der Waals surface area contributed by atoms with E-state index in [1.165, 1.54) is 0 Å². The summed E-state index contributed by atoms with van der Waals surface area (Å²) < 4.78 is 5.25. The quantitative estimate of drug-likeness (QED) is 0.759. The normalized spacial score (nSPS) is 24.1. The standard InChI is InChI=1S/C26H26N4O2/c1-32-18-12-10-17(11-13-18)14-15-30-23-9-5-3-7-20(23)26(21(16-27)24(30)28)19-6-2-4-8-22(19)29-25(26)31/h2,4,6,8,10-13,21,28H,3,5,7,9,14-15H2,1H3,(H,29,31). The predicted octanol–water partition coefficient (Wildman–Crippen LogP) is 4.39. The summed E-state index contributed by atoms with van der Waals surface area (Å²) in [5, 5.41) is 22.3. The number of amidine groups is 1. The Morgan fingerprint density at radius 1 is 1.19 bits per heavy atom. The third-order valence-corrected chi connectivity index (χ3v) is 7.11. The molecule has 3 aliphatic rings. The molecular formula is C26H26N4O2. The van der Waals surface area contributed by atoms with Gasteiger partial charge in [-0.2, -0.15) is 5.26 Å². The average Bonchev–Trinajstić information content (AvgIpc) is 3.12. The van der Waals surface area contributed by atoms with Crippen molar-refractivity contribution in [2.45, 2.75) is 37.5 Å². The lowest BCUT2D eigenvalue weighted by molar-refractivity contribution is -0.120. The van der Waals surface area contributed by atoms with Crippen molar-refractivity contribution in [3.05, 3.63) is 70.9 Å². The number of ether oxygens (including phenoxy) is 1. The van der Waals surface area contributed by atoms with Crippen LogP contribution in [0, 0.1) is 22.7 Å². The van der Waals surface area contributed by atoms with Gasteiger partial charge in [0.25, 0.3) is 0 Å². The van der Waals surface area contributed by atoms with Crippen LogP contribution in [-0.2, 0) is 16.6 Å². The molecule has 0 bridgehead atoms. The Balaban J connectivity index is 1.58. The van der Waals surface area contributed by atoms with E-state index in [1.807, 2.05) is 53.4 Å². The van der Waals surface area contributed by atoms with Crippen molar-refractivity contribution in [2.24, 2.45) is 5.92 Å². The minimum Gasteiger partial charge on any atom is -0.497 e. The topological polar surface area (TPSA) is 89.2 Å². The van der Waals surface area contributed by atoms with E-state index in [9.17, 15) is 10.1 Å². The second kappa shape index (κ2) is 7.83. The first-order valence-corrected chi connectivity index (χ1v) is 11.1. The molecule has 1 spiro atoms. The highest BCUT2D eigenvalue weighted by molar-refractivity contribution is 6.13. The number of amides is 1. The first-order chi connectivity index (χ1) is 15.6. The van der Waals surface area contributed by atoms with Gasteiger partial charge in [0.2, 0.25) is 5.91 Å². The number of carbonyl (C=O) groups is 1. The first kappa shape index (κ1) is 20.3. The van der Waals surface area contributed by atoms with Gasteiger partial charge in [-0.15, -0.1) is 0 Å². The maximum absolute atomic E-state index is 13.5. The molecule has 0 fully saturated rings. The van der Waals surface area contributed by atoms with Gasteiger partial charge in [0.05, 0.1) is 13.2 Å². The number of nitrogens with zero attached hydrogens (tertiary/aromatic N) is 2. The zero-order chi connectivity index (χ0) is 22.3. The summed E-state index contributed by atoms with van der Waals surface area (Å²) in [7, 11) is 1.65. The summed E-state index contributed by atoms with van der Waals surface area (Å²) in [5.41, 5.74) is 3.75. The summed E-state index contributed by atoms with van der Waals surface area (Å²) in [6.07, 6.45) is 4.38. The molecule has 2 unspecified atom stereocenters. The van der Waals surface area contributed by atoms with Gasteiger partial charge in [0.15, 0.2) is 0 Å². The molecule has 2 N–H and O–H groups in total. The molecule has 1 amide bonds. The second-order valence-electron chi connectivity index (χ2n) is 8.64. The van der Waals surface area contributed by atoms with Crippen LogP contribution in [-0.4, -0.2) is 30.3 Å². The van der Waals surface area contributed by atoms with Crippen LogP contribution in [0.5, 0.6) is 5.75 Å². The van der Waals surface area contributed by atoms with E-state index < -0.39 is 11.3 Å². The van der Waals surface area contributed by atoms with Crippen LogP contribution in [0.25, 0.3) is 0 Å². The summed E-state index contributed by atoms with van der Waals surface area (Å²) in [4.78, 5) is 15.5. The maximum Gasteiger partial charge on any atom is 0.241 e. The number of fused-ring (bicyclic) bond motifs is 3. The molecule has 1 aliphatic carbocycles. The molecule has 6 nitrogen and oxygen atoms in total. The Hall–Kier alpha value is -3.59. The van der Waals surface area contributed by atoms with Crippen LogP contribution in [0.3, 0.4) is 0 Å². The Kier molecular flexibility index (Phi) is 4.97. The Morgan fingerprint density at radius 3 is 2.69 bits per heavy atom. The largest absolute Gasteiger partial charge is 0.497 e. The average molecular weight is 427 g/mol. The van der Waals surface area contributed by atoms with E-state index in [-0.39, 0.29) is 11.7 Å². The lowest BCUT2D eigenvalue weighted by atomic mass is 9.60. The number of para-hydroxylation sites is 1. The number of benzene rings is 2. The molecule has 2 aromatic carbocycles. The number of hydrogen-bond donors (Lipinski definition) is 2. The smallest absolute Gasteiger partial charge is 0.241 e. The van der Waals surface area contributed by atoms with Gasteiger partial charge in [-0.1, -0.05) is 30.3 Å². The van der Waals surface area contributed by atoms with Crippen molar-refractivity contribution >= 4 is 17.4 Å². The molecule has 0 radical (unpaired) electrons. The molecule has 0 aromatic heterocycles. The zero-order valence-corrected chi connectivity index (χ0v) is 18.1. The van der Waals surface area contributed by atoms with Crippen LogP contribution < -0.4 is 10.1 Å². The SMILES string of the molecule is COc1ccc(CCN2C(=N)C(C#N)C3(C(=O)Nc4ccccc43)C3=C2CCCC3)cc1. The van der Waals surface area contributed by atoms with E-state index >= 15 is 0 Å². The molecule has 6 heteroatoms. The molecule has 2 heterocycles. The molecular weight excluding hydrogens is 400 g/mol. The van der Waals surface area contributed by atoms with Crippen molar-refractivity contribution in [2.75, 3.05) is 19.0 Å². The monoisotopic (exact) mass is 426 g/mol. The summed E-state index contributed by atoms with van der Waals surface area (Å²) in [6, 6.07) is 17.9. The van der Waals surface area contributed by atoms with E-state index in [2.05, 4.69) is 11.4 Å². The fourth-order valence-electron chi connectivity index (χ4n) is 5.60. The second-order valence-corrected chi connectivity index (χ2v) is 8.64. The third kappa shape index (κ3) is 2.85. The number of hydrogen-bond acceptors (Lipinski definition) is 4. The van der Waals surface area contributed by atoms with Gasteiger partial charge in [0.1, 0.15) is 22.9 Å². The van der Waals surface area contributed by atoms with Gasteiger partial charge in [-0.3, -0.25) is 10.2 Å². The number of anilines is 1. The third-order valence-electron chi connectivity index (χ3n) is 7.11. The highest BCUT2D eigenvalue weighted by atomic mass is 16.5. The number of methoxy groups -OCH3 is 1. The Morgan fingerprint density at radius 2 is 1.94 bits per heavy atom. The van der Waals surface area contributed by atoms with E-state index in [0.717, 1.165) is 65.9 Å². The molecule has 162 valence electrons. The number of nitriles is 1. The van der Waals surface area contributed by atoms with Crippen molar-refractivity contribution in [3.8, 4) is 11.8 Å². The lowest BCUT2D eigenvalue weighted by Gasteiger charge is -2.47. The first-order valence-electron chi connectivity index (χ1n) is 11.1. The van der Waals surface area contributed by atoms with E-state index in [4.69, 9.17) is 10.1 Å². The minimum absolute atomic E-state index is 0.167. The lowest BCUT2D eigenvalue weighted by Crippen LogP contribution is -2.56. The summed E-state index contributed by atoms with van der Waals surface area (Å²) in [6.45, 7) is 0.613. The van der Waals surface area contributed by atoms with Crippen LogP contribution >= 0.6 is 0 Å². The molecule has 32 heavy (non-hydrogen) atoms.